The number of hydrogen-bond donors (Lipinski definition) is 0. The average Bonchev–Trinajstić information content (AvgIpc) is 3.72. The lowest BCUT2D eigenvalue weighted by Crippen LogP contribution is -2.33. The fourth-order valence-corrected chi connectivity index (χ4v) is 12.3. The van der Waals surface area contributed by atoms with Crippen LogP contribution in [0, 0.1) is 0 Å². The summed E-state index contributed by atoms with van der Waals surface area (Å²) in [4.78, 5) is 4.91. The van der Waals surface area contributed by atoms with Crippen LogP contribution in [0.5, 0.6) is 0 Å². The van der Waals surface area contributed by atoms with E-state index in [1.54, 1.807) is 0 Å². The molecule has 0 saturated heterocycles. The summed E-state index contributed by atoms with van der Waals surface area (Å²) < 4.78 is 2.65. The van der Waals surface area contributed by atoms with Gasteiger partial charge in [-0.05, 0) is 128 Å². The molecule has 0 spiro atoms. The first kappa shape index (κ1) is 39.7. The van der Waals surface area contributed by atoms with E-state index >= 15 is 0 Å². The predicted octanol–water partition coefficient (Wildman–Crippen LogP) is 18.1. The molecular weight excluding hydrogens is 835 g/mol. The number of para-hydroxylation sites is 3. The topological polar surface area (TPSA) is 11.4 Å². The summed E-state index contributed by atoms with van der Waals surface area (Å²) >= 11 is 0. The maximum Gasteiger partial charge on any atom is 0.0583 e. The van der Waals surface area contributed by atoms with Crippen molar-refractivity contribution in [3.8, 4) is 16.8 Å². The van der Waals surface area contributed by atoms with Crippen LogP contribution in [-0.2, 0) is 10.8 Å². The van der Waals surface area contributed by atoms with E-state index in [9.17, 15) is 0 Å². The fourth-order valence-electron chi connectivity index (χ4n) is 12.3. The predicted molar refractivity (Wildman–Crippen MR) is 292 cm³/mol. The first-order valence-electron chi connectivity index (χ1n) is 24.3. The van der Waals surface area contributed by atoms with Gasteiger partial charge in [-0.15, -0.1) is 0 Å². The van der Waals surface area contributed by atoms with Crippen molar-refractivity contribution in [3.05, 3.63) is 247 Å². The molecule has 0 N–H and O–H groups in total. The highest BCUT2D eigenvalue weighted by Crippen LogP contribution is 2.57. The zero-order valence-electron chi connectivity index (χ0n) is 39.2. The second-order valence-electron chi connectivity index (χ2n) is 20.1. The van der Waals surface area contributed by atoms with Crippen LogP contribution in [0.2, 0.25) is 0 Å². The molecule has 12 aromatic rings. The molecule has 2 aliphatic heterocycles. The number of rotatable bonds is 7. The Morgan fingerprint density at radius 2 is 0.870 bits per heavy atom. The molecule has 69 heavy (non-hydrogen) atoms. The zero-order chi connectivity index (χ0) is 46.2. The van der Waals surface area contributed by atoms with Gasteiger partial charge in [0, 0.05) is 55.1 Å². The Hall–Kier alpha value is -8.40. The summed E-state index contributed by atoms with van der Waals surface area (Å²) in [6.45, 7) is 9.74. The van der Waals surface area contributed by atoms with Crippen LogP contribution in [-0.4, -0.2) is 4.57 Å². The summed E-state index contributed by atoms with van der Waals surface area (Å²) in [5.41, 5.74) is 18.2. The van der Waals surface area contributed by atoms with Crippen molar-refractivity contribution in [2.45, 2.75) is 38.5 Å². The molecule has 11 aromatic carbocycles. The molecule has 0 fully saturated rings. The Balaban J connectivity index is 1.05. The van der Waals surface area contributed by atoms with Crippen molar-refractivity contribution < 1.29 is 0 Å². The zero-order valence-corrected chi connectivity index (χ0v) is 39.2. The molecule has 0 amide bonds. The third-order valence-electron chi connectivity index (χ3n) is 15.6. The van der Waals surface area contributed by atoms with Gasteiger partial charge in [0.25, 0.3) is 0 Å². The van der Waals surface area contributed by atoms with Crippen LogP contribution in [0.3, 0.4) is 0 Å². The highest BCUT2D eigenvalue weighted by Gasteiger charge is 2.44. The van der Waals surface area contributed by atoms with Crippen molar-refractivity contribution in [2.75, 3.05) is 9.80 Å². The molecule has 14 rings (SSSR count). The highest BCUT2D eigenvalue weighted by molar-refractivity contribution is 6.17. The summed E-state index contributed by atoms with van der Waals surface area (Å²) in [5, 5.41) is 9.86. The monoisotopic (exact) mass is 883 g/mol. The Bertz CT molecular complexity index is 4040. The molecule has 0 saturated carbocycles. The number of hydrogen-bond acceptors (Lipinski definition) is 2. The number of fused-ring (bicyclic) bond motifs is 4. The van der Waals surface area contributed by atoms with Crippen LogP contribution < -0.4 is 9.80 Å². The SMILES string of the molecule is CC1(C)c2cccc3c2-n2c4c1cc(-c1ccc(N(c5ccc6ccccc6c5)c5cccc6ccccc56)c5ccccc15)cc4c1cc(N(c4ccccc4)c4ccccc4)cc(c12)C3(C)C. The molecule has 3 nitrogen and oxygen atoms in total. The lowest BCUT2D eigenvalue weighted by Gasteiger charge is -2.42. The van der Waals surface area contributed by atoms with Gasteiger partial charge in [0.2, 0.25) is 0 Å². The molecule has 1 aromatic heterocycles. The largest absolute Gasteiger partial charge is 0.310 e. The number of aromatic nitrogens is 1. The maximum absolute atomic E-state index is 2.65. The van der Waals surface area contributed by atoms with Gasteiger partial charge in [0.15, 0.2) is 0 Å². The number of nitrogens with zero attached hydrogens (tertiary/aromatic N) is 3. The second kappa shape index (κ2) is 14.6. The van der Waals surface area contributed by atoms with E-state index < -0.39 is 0 Å². The molecule has 3 heterocycles. The van der Waals surface area contributed by atoms with Gasteiger partial charge in [-0.1, -0.05) is 179 Å². The Morgan fingerprint density at radius 1 is 0.319 bits per heavy atom. The minimum Gasteiger partial charge on any atom is -0.310 e. The molecular formula is C66H49N3. The van der Waals surface area contributed by atoms with E-state index in [0.717, 1.165) is 34.1 Å². The second-order valence-corrected chi connectivity index (χ2v) is 20.1. The average molecular weight is 884 g/mol. The van der Waals surface area contributed by atoms with Gasteiger partial charge in [0.1, 0.15) is 0 Å². The van der Waals surface area contributed by atoms with Gasteiger partial charge in [-0.3, -0.25) is 0 Å². The quantitative estimate of drug-likeness (QED) is 0.158. The van der Waals surface area contributed by atoms with Crippen LogP contribution >= 0.6 is 0 Å². The summed E-state index contributed by atoms with van der Waals surface area (Å²) in [7, 11) is 0. The normalized spacial score (nSPS) is 14.0. The molecule has 328 valence electrons. The summed E-state index contributed by atoms with van der Waals surface area (Å²) in [6, 6.07) is 83.5. The van der Waals surface area contributed by atoms with Crippen molar-refractivity contribution in [1.82, 2.24) is 4.57 Å². The molecule has 0 aliphatic carbocycles. The summed E-state index contributed by atoms with van der Waals surface area (Å²) in [5.74, 6) is 0. The van der Waals surface area contributed by atoms with Crippen LogP contribution in [0.25, 0.3) is 70.9 Å². The van der Waals surface area contributed by atoms with E-state index in [1.807, 2.05) is 0 Å². The highest BCUT2D eigenvalue weighted by atomic mass is 15.2. The molecule has 2 aliphatic rings. The van der Waals surface area contributed by atoms with Gasteiger partial charge in [-0.25, -0.2) is 0 Å². The molecule has 0 radical (unpaired) electrons. The Morgan fingerprint density at radius 3 is 1.58 bits per heavy atom. The number of anilines is 6. The van der Waals surface area contributed by atoms with Crippen LogP contribution in [0.15, 0.2) is 224 Å². The van der Waals surface area contributed by atoms with E-state index in [1.165, 1.54) is 93.2 Å². The maximum atomic E-state index is 2.65. The van der Waals surface area contributed by atoms with Gasteiger partial charge < -0.3 is 14.4 Å². The fraction of sp³-hybridized carbons (Fsp3) is 0.0909. The van der Waals surface area contributed by atoms with E-state index in [0.29, 0.717) is 0 Å². The van der Waals surface area contributed by atoms with Crippen molar-refractivity contribution in [3.63, 3.8) is 0 Å². The minimum atomic E-state index is -0.266. The lowest BCUT2D eigenvalue weighted by atomic mass is 9.68. The van der Waals surface area contributed by atoms with Gasteiger partial charge in [0.05, 0.1) is 28.1 Å². The van der Waals surface area contributed by atoms with Crippen molar-refractivity contribution >= 4 is 88.2 Å². The molecule has 0 unspecified atom stereocenters. The van der Waals surface area contributed by atoms with Gasteiger partial charge >= 0.3 is 0 Å². The first-order chi connectivity index (χ1) is 33.8. The van der Waals surface area contributed by atoms with E-state index in [2.05, 4.69) is 267 Å². The van der Waals surface area contributed by atoms with E-state index in [-0.39, 0.29) is 10.8 Å². The third-order valence-corrected chi connectivity index (χ3v) is 15.6. The smallest absolute Gasteiger partial charge is 0.0583 e. The van der Waals surface area contributed by atoms with E-state index in [4.69, 9.17) is 0 Å². The molecule has 0 atom stereocenters. The molecule has 0 bridgehead atoms. The number of benzene rings is 11. The third kappa shape index (κ3) is 5.68. The Labute approximate surface area is 402 Å². The summed E-state index contributed by atoms with van der Waals surface area (Å²) in [6.07, 6.45) is 0. The standard InChI is InChI=1S/C66H49N3/c1-65(2)56-30-18-31-57-64(56)69-62-54(55-40-49(41-59(63(55)69)66(57,3)4)67(46-23-7-5-8-24-46)47-25-9-6-10-26-47)38-45(39-58(62)65)50-35-36-61(53-29-16-15-28-52(50)53)68(48-34-33-42-19-11-12-21-44(42)37-48)60-32-17-22-43-20-13-14-27-51(43)60/h5-41H,1-4H3. The van der Waals surface area contributed by atoms with Crippen LogP contribution in [0.1, 0.15) is 49.9 Å². The van der Waals surface area contributed by atoms with Gasteiger partial charge in [-0.2, -0.15) is 0 Å². The van der Waals surface area contributed by atoms with Crippen molar-refractivity contribution in [2.24, 2.45) is 0 Å². The Kier molecular flexibility index (Phi) is 8.38. The minimum absolute atomic E-state index is 0.257. The molecule has 3 heteroatoms. The lowest BCUT2D eigenvalue weighted by molar-refractivity contribution is 0.594. The first-order valence-corrected chi connectivity index (χ1v) is 24.3. The van der Waals surface area contributed by atoms with Crippen LogP contribution in [0.4, 0.5) is 34.1 Å². The van der Waals surface area contributed by atoms with Crippen molar-refractivity contribution in [1.29, 1.82) is 0 Å².